The fourth-order valence-corrected chi connectivity index (χ4v) is 6.69. The number of nitrogens with two attached hydrogens (primary N) is 2. The Hall–Kier alpha value is 0.114. The second-order valence-corrected chi connectivity index (χ2v) is 11.5. The predicted octanol–water partition coefficient (Wildman–Crippen LogP) is 0.817. The van der Waals surface area contributed by atoms with Crippen molar-refractivity contribution in [1.29, 1.82) is 0 Å². The molecule has 1 unspecified atom stereocenters. The molecule has 0 heterocycles. The summed E-state index contributed by atoms with van der Waals surface area (Å²) >= 11 is 0. The van der Waals surface area contributed by atoms with Crippen molar-refractivity contribution in [3.05, 3.63) is 0 Å². The Morgan fingerprint density at radius 1 is 0.792 bits per heavy atom. The van der Waals surface area contributed by atoms with E-state index in [4.69, 9.17) is 38.0 Å². The Morgan fingerprint density at radius 2 is 1.33 bits per heavy atom. The molecule has 8 nitrogen and oxygen atoms in total. The second kappa shape index (κ2) is 13.3. The summed E-state index contributed by atoms with van der Waals surface area (Å²) in [5, 5.41) is 0. The molecule has 0 fully saturated rings. The monoisotopic (exact) mass is 384 g/mol. The first-order valence-electron chi connectivity index (χ1n) is 8.30. The van der Waals surface area contributed by atoms with Crippen molar-refractivity contribution in [2.75, 3.05) is 55.2 Å². The molecule has 0 aromatic carbocycles. The lowest BCUT2D eigenvalue weighted by Crippen LogP contribution is -2.47. The van der Waals surface area contributed by atoms with E-state index in [0.717, 1.165) is 25.3 Å². The largest absolute Gasteiger partial charge is 0.500 e. The minimum atomic E-state index is -2.70. The van der Waals surface area contributed by atoms with Crippen LogP contribution in [0.4, 0.5) is 0 Å². The van der Waals surface area contributed by atoms with E-state index in [9.17, 15) is 0 Å². The van der Waals surface area contributed by atoms with Crippen LogP contribution in [-0.2, 0) is 26.6 Å². The first-order chi connectivity index (χ1) is 11.5. The van der Waals surface area contributed by atoms with E-state index in [1.54, 1.807) is 35.5 Å². The van der Waals surface area contributed by atoms with E-state index in [1.807, 2.05) is 0 Å². The maximum atomic E-state index is 5.94. The third-order valence-corrected chi connectivity index (χ3v) is 9.99. The van der Waals surface area contributed by atoms with Gasteiger partial charge in [0.2, 0.25) is 0 Å². The number of rotatable bonds is 16. The Balaban J connectivity index is 4.59. The van der Waals surface area contributed by atoms with E-state index in [1.165, 1.54) is 0 Å². The quantitative estimate of drug-likeness (QED) is 0.297. The molecule has 0 spiro atoms. The first-order valence-corrected chi connectivity index (χ1v) is 12.2. The molecule has 24 heavy (non-hydrogen) atoms. The normalized spacial score (nSPS) is 14.1. The lowest BCUT2D eigenvalue weighted by molar-refractivity contribution is 0.0924. The van der Waals surface area contributed by atoms with Crippen molar-refractivity contribution in [2.45, 2.75) is 31.4 Å². The third-order valence-electron chi connectivity index (χ3n) is 4.19. The number of hydrogen-bond donors (Lipinski definition) is 2. The second-order valence-electron chi connectivity index (χ2n) is 5.58. The van der Waals surface area contributed by atoms with Crippen molar-refractivity contribution < 1.29 is 26.6 Å². The zero-order valence-corrected chi connectivity index (χ0v) is 17.8. The van der Waals surface area contributed by atoms with Gasteiger partial charge < -0.3 is 38.0 Å². The van der Waals surface area contributed by atoms with Crippen LogP contribution in [-0.4, -0.2) is 72.9 Å². The molecule has 146 valence electrons. The smallest absolute Gasteiger partial charge is 0.377 e. The minimum absolute atomic E-state index is 0.242. The molecule has 0 aliphatic carbocycles. The van der Waals surface area contributed by atoms with Crippen LogP contribution in [0.5, 0.6) is 0 Å². The van der Waals surface area contributed by atoms with Gasteiger partial charge in [0, 0.05) is 54.2 Å². The first kappa shape index (κ1) is 24.1. The van der Waals surface area contributed by atoms with Crippen LogP contribution in [0, 0.1) is 5.92 Å². The zero-order chi connectivity index (χ0) is 18.5. The lowest BCUT2D eigenvalue weighted by Gasteiger charge is -2.30. The third kappa shape index (κ3) is 8.00. The van der Waals surface area contributed by atoms with Gasteiger partial charge in [-0.2, -0.15) is 0 Å². The van der Waals surface area contributed by atoms with Crippen LogP contribution in [0.25, 0.3) is 0 Å². The van der Waals surface area contributed by atoms with Gasteiger partial charge in [0.05, 0.1) is 0 Å². The van der Waals surface area contributed by atoms with Crippen LogP contribution < -0.4 is 11.5 Å². The zero-order valence-electron chi connectivity index (χ0n) is 15.8. The van der Waals surface area contributed by atoms with Crippen LogP contribution in [0.1, 0.15) is 19.3 Å². The summed E-state index contributed by atoms with van der Waals surface area (Å²) in [6.45, 7) is 1.66. The molecule has 0 aromatic rings. The highest BCUT2D eigenvalue weighted by molar-refractivity contribution is 6.61. The summed E-state index contributed by atoms with van der Waals surface area (Å²) in [5.74, 6) is 0.242. The van der Waals surface area contributed by atoms with Gasteiger partial charge in [0.15, 0.2) is 0 Å². The van der Waals surface area contributed by atoms with Crippen LogP contribution in [0.15, 0.2) is 0 Å². The molecular formula is C14H36N2O6Si2. The van der Waals surface area contributed by atoms with E-state index in [-0.39, 0.29) is 5.92 Å². The summed E-state index contributed by atoms with van der Waals surface area (Å²) in [6.07, 6.45) is 2.58. The summed E-state index contributed by atoms with van der Waals surface area (Å²) in [7, 11) is 2.89. The SMILES string of the molecule is CO[Si](CCCC(CN)C[Si](OC)(OC)OCCCN)(OC)OC. The Labute approximate surface area is 148 Å². The molecule has 0 saturated carbocycles. The average molecular weight is 385 g/mol. The van der Waals surface area contributed by atoms with Gasteiger partial charge >= 0.3 is 17.6 Å². The maximum Gasteiger partial charge on any atom is 0.500 e. The van der Waals surface area contributed by atoms with Crippen molar-refractivity contribution >= 4 is 17.6 Å². The molecule has 0 bridgehead atoms. The van der Waals surface area contributed by atoms with E-state index >= 15 is 0 Å². The predicted molar refractivity (Wildman–Crippen MR) is 97.6 cm³/mol. The molecule has 0 rings (SSSR count). The Morgan fingerprint density at radius 3 is 1.75 bits per heavy atom. The van der Waals surface area contributed by atoms with Crippen molar-refractivity contribution in [3.63, 3.8) is 0 Å². The Bertz CT molecular complexity index is 299. The van der Waals surface area contributed by atoms with Crippen molar-refractivity contribution in [3.8, 4) is 0 Å². The van der Waals surface area contributed by atoms with Gasteiger partial charge in [-0.25, -0.2) is 0 Å². The van der Waals surface area contributed by atoms with Crippen LogP contribution in [0.3, 0.4) is 0 Å². The van der Waals surface area contributed by atoms with Gasteiger partial charge in [-0.1, -0.05) is 0 Å². The summed E-state index contributed by atoms with van der Waals surface area (Å²) in [6, 6.07) is 1.43. The molecule has 1 atom stereocenters. The van der Waals surface area contributed by atoms with Gasteiger partial charge in [-0.15, -0.1) is 0 Å². The Kier molecular flexibility index (Phi) is 13.4. The molecule has 0 aliphatic rings. The summed E-state index contributed by atoms with van der Waals surface area (Å²) in [4.78, 5) is 0. The van der Waals surface area contributed by atoms with E-state index < -0.39 is 17.6 Å². The maximum absolute atomic E-state index is 5.94. The summed E-state index contributed by atoms with van der Waals surface area (Å²) < 4.78 is 33.5. The fourth-order valence-electron chi connectivity index (χ4n) is 2.56. The topological polar surface area (TPSA) is 107 Å². The molecule has 4 N–H and O–H groups in total. The van der Waals surface area contributed by atoms with Gasteiger partial charge in [-0.3, -0.25) is 0 Å². The van der Waals surface area contributed by atoms with Gasteiger partial charge in [-0.05, 0) is 38.3 Å². The fraction of sp³-hybridized carbons (Fsp3) is 1.00. The highest BCUT2D eigenvalue weighted by Gasteiger charge is 2.42. The minimum Gasteiger partial charge on any atom is -0.377 e. The lowest BCUT2D eigenvalue weighted by atomic mass is 10.1. The van der Waals surface area contributed by atoms with E-state index in [0.29, 0.717) is 25.7 Å². The molecule has 0 amide bonds. The van der Waals surface area contributed by atoms with E-state index in [2.05, 4.69) is 0 Å². The van der Waals surface area contributed by atoms with Crippen molar-refractivity contribution in [2.24, 2.45) is 17.4 Å². The standard InChI is InChI=1S/C14H36N2O6Si2/c1-17-23(18-2,19-3)11-6-8-14(12-16)13-24(20-4,21-5)22-10-7-9-15/h14H,6-13,15-16H2,1-5H3. The molecule has 10 heteroatoms. The van der Waals surface area contributed by atoms with Gasteiger partial charge in [0.1, 0.15) is 0 Å². The van der Waals surface area contributed by atoms with Gasteiger partial charge in [0.25, 0.3) is 0 Å². The molecule has 0 aromatic heterocycles. The highest BCUT2D eigenvalue weighted by Crippen LogP contribution is 2.26. The molecule has 0 aliphatic heterocycles. The number of hydrogen-bond acceptors (Lipinski definition) is 8. The average Bonchev–Trinajstić information content (AvgIpc) is 2.63. The molecule has 0 saturated heterocycles. The summed E-state index contributed by atoms with van der Waals surface area (Å²) in [5.41, 5.74) is 11.5. The van der Waals surface area contributed by atoms with Crippen LogP contribution in [0.2, 0.25) is 12.1 Å². The highest BCUT2D eigenvalue weighted by atomic mass is 28.4. The molecule has 0 radical (unpaired) electrons. The van der Waals surface area contributed by atoms with Crippen molar-refractivity contribution in [1.82, 2.24) is 0 Å². The molecular weight excluding hydrogens is 348 g/mol. The van der Waals surface area contributed by atoms with Crippen LogP contribution >= 0.6 is 0 Å².